The van der Waals surface area contributed by atoms with Gasteiger partial charge in [0.05, 0.1) is 0 Å². The summed E-state index contributed by atoms with van der Waals surface area (Å²) in [7, 11) is 0. The first-order chi connectivity index (χ1) is 5.25. The molecule has 1 rings (SSSR count). The van der Waals surface area contributed by atoms with E-state index in [-0.39, 0.29) is 11.4 Å². The van der Waals surface area contributed by atoms with E-state index in [4.69, 9.17) is 5.11 Å². The minimum absolute atomic E-state index is 0.137. The molecule has 0 saturated carbocycles. The Hall–Kier alpha value is -1.23. The molecule has 0 aliphatic carbocycles. The van der Waals surface area contributed by atoms with Gasteiger partial charge in [-0.1, -0.05) is 0 Å². The van der Waals surface area contributed by atoms with Gasteiger partial charge >= 0.3 is 5.97 Å². The Morgan fingerprint density at radius 2 is 2.45 bits per heavy atom. The summed E-state index contributed by atoms with van der Waals surface area (Å²) in [6, 6.07) is 3.04. The molecule has 0 aliphatic rings. The highest BCUT2D eigenvalue weighted by Crippen LogP contribution is 2.15. The quantitative estimate of drug-likeness (QED) is 0.515. The predicted octanol–water partition coefficient (Wildman–Crippen LogP) is 1.00. The largest absolute Gasteiger partial charge is 0.476 e. The number of carboxylic acids is 1. The van der Waals surface area contributed by atoms with Crippen LogP contribution in [0.15, 0.2) is 18.3 Å². The van der Waals surface area contributed by atoms with Gasteiger partial charge in [-0.2, -0.15) is 0 Å². The molecule has 58 valence electrons. The lowest BCUT2D eigenvalue weighted by Crippen LogP contribution is -2.01. The molecule has 1 N–H and O–H groups in total. The fraction of sp³-hybridized carbons (Fsp3) is 0. The minimum Gasteiger partial charge on any atom is -0.476 e. The molecule has 4 nitrogen and oxygen atoms in total. The third kappa shape index (κ3) is 1.62. The Morgan fingerprint density at radius 3 is 2.91 bits per heavy atom. The van der Waals surface area contributed by atoms with Crippen molar-refractivity contribution < 1.29 is 14.1 Å². The summed E-state index contributed by atoms with van der Waals surface area (Å²) in [5, 5.41) is 8.52. The van der Waals surface area contributed by atoms with Gasteiger partial charge in [0, 0.05) is 19.1 Å². The second-order valence-electron chi connectivity index (χ2n) is 1.75. The molecule has 0 unspecified atom stereocenters. The lowest BCUT2D eigenvalue weighted by molar-refractivity contribution is 0.0688. The van der Waals surface area contributed by atoms with Crippen molar-refractivity contribution in [2.45, 2.75) is 0 Å². The maximum absolute atomic E-state index is 10.4. The number of rotatable bonds is 2. The molecule has 0 fully saturated rings. The highest BCUT2D eigenvalue weighted by Gasteiger charge is 2.10. The fourth-order valence-electron chi connectivity index (χ4n) is 0.625. The van der Waals surface area contributed by atoms with Gasteiger partial charge in [0.1, 0.15) is 0 Å². The number of hydrogen-bond acceptors (Lipinski definition) is 4. The van der Waals surface area contributed by atoms with Crippen LogP contribution in [0.25, 0.3) is 0 Å². The molecule has 0 spiro atoms. The van der Waals surface area contributed by atoms with Crippen LogP contribution in [0.1, 0.15) is 10.5 Å². The van der Waals surface area contributed by atoms with E-state index < -0.39 is 5.97 Å². The lowest BCUT2D eigenvalue weighted by Gasteiger charge is -1.99. The highest BCUT2D eigenvalue weighted by atomic mass is 32.1. The van der Waals surface area contributed by atoms with Crippen LogP contribution in [0.2, 0.25) is 0 Å². The molecular formula is C6H5NO3S. The number of hydrogen-bond donors (Lipinski definition) is 2. The minimum atomic E-state index is -1.13. The molecular weight excluding hydrogens is 166 g/mol. The Balaban J connectivity index is 3.12. The summed E-state index contributed by atoms with van der Waals surface area (Å²) in [6.07, 6.45) is 1.37. The molecule has 1 aromatic heterocycles. The van der Waals surface area contributed by atoms with E-state index in [0.717, 1.165) is 0 Å². The fourth-order valence-corrected chi connectivity index (χ4v) is 0.772. The van der Waals surface area contributed by atoms with Crippen LogP contribution < -0.4 is 4.18 Å². The van der Waals surface area contributed by atoms with Crippen molar-refractivity contribution >= 4 is 18.9 Å². The third-order valence-electron chi connectivity index (χ3n) is 1.07. The number of aromatic nitrogens is 1. The second kappa shape index (κ2) is 3.25. The molecule has 1 aromatic rings. The van der Waals surface area contributed by atoms with Crippen molar-refractivity contribution in [3.8, 4) is 5.75 Å². The Bertz CT molecular complexity index is 276. The van der Waals surface area contributed by atoms with Crippen molar-refractivity contribution in [3.05, 3.63) is 24.0 Å². The average molecular weight is 171 g/mol. The highest BCUT2D eigenvalue weighted by molar-refractivity contribution is 7.75. The standard InChI is InChI=1S/C6H5NO3S/c8-6(9)5-4(10-11)2-1-3-7-5/h1-3,11H,(H,8,9). The zero-order valence-corrected chi connectivity index (χ0v) is 6.28. The summed E-state index contributed by atoms with van der Waals surface area (Å²) in [5.41, 5.74) is -0.137. The molecule has 0 bridgehead atoms. The van der Waals surface area contributed by atoms with Crippen LogP contribution in [0.4, 0.5) is 0 Å². The molecule has 1 heterocycles. The Kier molecular flexibility index (Phi) is 2.32. The van der Waals surface area contributed by atoms with Crippen molar-refractivity contribution in [3.63, 3.8) is 0 Å². The van der Waals surface area contributed by atoms with E-state index in [1.54, 1.807) is 6.07 Å². The number of carbonyl (C=O) groups is 1. The molecule has 0 aromatic carbocycles. The Morgan fingerprint density at radius 1 is 1.73 bits per heavy atom. The maximum Gasteiger partial charge on any atom is 0.358 e. The van der Waals surface area contributed by atoms with E-state index in [1.165, 1.54) is 12.3 Å². The van der Waals surface area contributed by atoms with E-state index in [0.29, 0.717) is 0 Å². The first-order valence-electron chi connectivity index (χ1n) is 2.75. The normalized spacial score (nSPS) is 9.18. The van der Waals surface area contributed by atoms with Gasteiger partial charge in [-0.05, 0) is 12.1 Å². The summed E-state index contributed by atoms with van der Waals surface area (Å²) in [5.74, 6) is -0.988. The van der Waals surface area contributed by atoms with Crippen molar-refractivity contribution in [2.24, 2.45) is 0 Å². The van der Waals surface area contributed by atoms with Gasteiger partial charge in [-0.15, -0.1) is 0 Å². The summed E-state index contributed by atoms with van der Waals surface area (Å²) >= 11 is 3.47. The number of thiol groups is 1. The smallest absolute Gasteiger partial charge is 0.358 e. The maximum atomic E-state index is 10.4. The van der Waals surface area contributed by atoms with Crippen LogP contribution in [-0.4, -0.2) is 16.1 Å². The molecule has 0 amide bonds. The second-order valence-corrected chi connectivity index (χ2v) is 1.93. The van der Waals surface area contributed by atoms with Gasteiger partial charge in [0.15, 0.2) is 11.4 Å². The average Bonchev–Trinajstić information content (AvgIpc) is 2.04. The van der Waals surface area contributed by atoms with Gasteiger partial charge in [0.25, 0.3) is 0 Å². The number of pyridine rings is 1. The van der Waals surface area contributed by atoms with Gasteiger partial charge in [0.2, 0.25) is 0 Å². The van der Waals surface area contributed by atoms with Gasteiger partial charge < -0.3 is 9.29 Å². The van der Waals surface area contributed by atoms with Crippen LogP contribution in [0.5, 0.6) is 5.75 Å². The molecule has 0 saturated heterocycles. The van der Waals surface area contributed by atoms with Crippen LogP contribution in [0.3, 0.4) is 0 Å². The monoisotopic (exact) mass is 171 g/mol. The predicted molar refractivity (Wildman–Crippen MR) is 40.8 cm³/mol. The van der Waals surface area contributed by atoms with Crippen LogP contribution in [0, 0.1) is 0 Å². The molecule has 11 heavy (non-hydrogen) atoms. The van der Waals surface area contributed by atoms with E-state index >= 15 is 0 Å². The summed E-state index contributed by atoms with van der Waals surface area (Å²) in [6.45, 7) is 0. The zero-order valence-electron chi connectivity index (χ0n) is 5.39. The van der Waals surface area contributed by atoms with Gasteiger partial charge in [-0.3, -0.25) is 0 Å². The number of carboxylic acid groups (broad SMARTS) is 1. The number of aromatic carboxylic acids is 1. The molecule has 0 atom stereocenters. The number of nitrogens with zero attached hydrogens (tertiary/aromatic N) is 1. The Labute approximate surface area is 68.4 Å². The zero-order chi connectivity index (χ0) is 8.27. The van der Waals surface area contributed by atoms with E-state index in [9.17, 15) is 4.79 Å². The summed E-state index contributed by atoms with van der Waals surface area (Å²) in [4.78, 5) is 14.0. The van der Waals surface area contributed by atoms with Gasteiger partial charge in [-0.25, -0.2) is 9.78 Å². The first-order valence-corrected chi connectivity index (χ1v) is 3.12. The third-order valence-corrected chi connectivity index (χ3v) is 1.27. The molecule has 0 radical (unpaired) electrons. The van der Waals surface area contributed by atoms with Crippen molar-refractivity contribution in [1.82, 2.24) is 4.98 Å². The summed E-state index contributed by atoms with van der Waals surface area (Å²) < 4.78 is 4.46. The lowest BCUT2D eigenvalue weighted by atomic mass is 10.3. The van der Waals surface area contributed by atoms with Crippen molar-refractivity contribution in [1.29, 1.82) is 0 Å². The topological polar surface area (TPSA) is 59.4 Å². The molecule has 0 aliphatic heterocycles. The van der Waals surface area contributed by atoms with Crippen LogP contribution in [-0.2, 0) is 0 Å². The van der Waals surface area contributed by atoms with E-state index in [1.807, 2.05) is 0 Å². The first kappa shape index (κ1) is 7.87. The SMILES string of the molecule is O=C(O)c1ncccc1OS. The molecule has 5 heteroatoms. The van der Waals surface area contributed by atoms with Crippen molar-refractivity contribution in [2.75, 3.05) is 0 Å². The van der Waals surface area contributed by atoms with E-state index in [2.05, 4.69) is 22.1 Å². The van der Waals surface area contributed by atoms with Crippen LogP contribution >= 0.6 is 12.9 Å².